The number of carbonyl (C=O) groups excluding carboxylic acids is 5. The lowest BCUT2D eigenvalue weighted by Gasteiger charge is -2.37. The molecule has 0 bridgehead atoms. The average molecular weight is 745 g/mol. The van der Waals surface area contributed by atoms with Gasteiger partial charge in [-0.3, -0.25) is 19.2 Å². The number of benzene rings is 1. The van der Waals surface area contributed by atoms with E-state index in [2.05, 4.69) is 35.1 Å². The smallest absolute Gasteiger partial charge is 0.315 e. The van der Waals surface area contributed by atoms with Crippen LogP contribution >= 0.6 is 0 Å². The maximum atomic E-state index is 14.8. The van der Waals surface area contributed by atoms with Crippen LogP contribution in [-0.4, -0.2) is 104 Å². The molecular formula is C38H60N6O7S. The summed E-state index contributed by atoms with van der Waals surface area (Å²) in [4.78, 5) is 70.1. The highest BCUT2D eigenvalue weighted by Crippen LogP contribution is 2.65. The van der Waals surface area contributed by atoms with E-state index in [1.807, 2.05) is 52.0 Å². The lowest BCUT2D eigenvalue weighted by Crippen LogP contribution is -2.61. The van der Waals surface area contributed by atoms with Gasteiger partial charge in [0.05, 0.1) is 11.8 Å². The summed E-state index contributed by atoms with van der Waals surface area (Å²) >= 11 is 0. The third kappa shape index (κ3) is 8.98. The monoisotopic (exact) mass is 744 g/mol. The lowest BCUT2D eigenvalue weighted by molar-refractivity contribution is -0.144. The highest BCUT2D eigenvalue weighted by molar-refractivity contribution is 7.89. The Morgan fingerprint density at radius 3 is 2.13 bits per heavy atom. The van der Waals surface area contributed by atoms with Gasteiger partial charge in [0, 0.05) is 32.7 Å². The summed E-state index contributed by atoms with van der Waals surface area (Å²) in [5, 5.41) is 11.3. The van der Waals surface area contributed by atoms with Gasteiger partial charge in [0.1, 0.15) is 12.1 Å². The molecule has 0 spiro atoms. The van der Waals surface area contributed by atoms with Gasteiger partial charge in [-0.2, -0.15) is 0 Å². The number of nitrogens with zero attached hydrogens (tertiary/aromatic N) is 2. The Hall–Kier alpha value is -3.52. The molecule has 4 rings (SSSR count). The van der Waals surface area contributed by atoms with Crippen LogP contribution in [0.4, 0.5) is 4.79 Å². The van der Waals surface area contributed by atoms with Crippen LogP contribution in [0.15, 0.2) is 24.3 Å². The van der Waals surface area contributed by atoms with Crippen molar-refractivity contribution in [2.24, 2.45) is 28.6 Å². The maximum absolute atomic E-state index is 14.8. The number of piperidine rings is 1. The zero-order chi connectivity index (χ0) is 38.8. The Morgan fingerprint density at radius 2 is 1.60 bits per heavy atom. The Bertz CT molecular complexity index is 1600. The third-order valence-electron chi connectivity index (χ3n) is 11.5. The number of hydrogen-bond acceptors (Lipinski definition) is 7. The van der Waals surface area contributed by atoms with Crippen molar-refractivity contribution in [2.75, 3.05) is 32.4 Å². The predicted molar refractivity (Wildman–Crippen MR) is 200 cm³/mol. The van der Waals surface area contributed by atoms with E-state index in [9.17, 15) is 32.4 Å². The van der Waals surface area contributed by atoms with E-state index in [4.69, 9.17) is 0 Å². The summed E-state index contributed by atoms with van der Waals surface area (Å²) in [7, 11) is -2.03. The van der Waals surface area contributed by atoms with Crippen molar-refractivity contribution < 1.29 is 32.4 Å². The minimum Gasteiger partial charge on any atom is -0.350 e. The molecule has 290 valence electrons. The third-order valence-corrected chi connectivity index (χ3v) is 13.4. The second-order valence-corrected chi connectivity index (χ2v) is 18.8. The largest absolute Gasteiger partial charge is 0.350 e. The fourth-order valence-electron chi connectivity index (χ4n) is 8.01. The Labute approximate surface area is 309 Å². The fourth-order valence-corrected chi connectivity index (χ4v) is 8.83. The van der Waals surface area contributed by atoms with E-state index in [0.717, 1.165) is 17.5 Å². The minimum absolute atomic E-state index is 0.0432. The molecule has 1 heterocycles. The number of carbonyl (C=O) groups is 5. The van der Waals surface area contributed by atoms with Crippen LogP contribution in [0.25, 0.3) is 0 Å². The van der Waals surface area contributed by atoms with Crippen molar-refractivity contribution >= 4 is 39.6 Å². The molecule has 1 saturated carbocycles. The molecule has 4 N–H and O–H groups in total. The first-order valence-electron chi connectivity index (χ1n) is 18.8. The number of likely N-dealkylation sites (N-methyl/N-ethyl adjacent to an activating group) is 2. The second-order valence-electron chi connectivity index (χ2n) is 16.4. The lowest BCUT2D eigenvalue weighted by atomic mass is 9.86. The molecule has 52 heavy (non-hydrogen) atoms. The second kappa shape index (κ2) is 16.2. The minimum atomic E-state index is -3.51. The number of Topliss-reactive ketones (excluding diaryl/α,β-unsaturated/α-hetero) is 1. The highest BCUT2D eigenvalue weighted by atomic mass is 32.2. The molecule has 1 aliphatic heterocycles. The number of nitrogens with one attached hydrogen (secondary N) is 4. The number of likely N-dealkylation sites (tertiary alicyclic amines) is 1. The molecule has 1 aromatic rings. The molecule has 1 unspecified atom stereocenters. The predicted octanol–water partition coefficient (Wildman–Crippen LogP) is 2.63. The van der Waals surface area contributed by atoms with Gasteiger partial charge in [-0.05, 0) is 72.8 Å². The molecule has 0 radical (unpaired) electrons. The van der Waals surface area contributed by atoms with E-state index in [-0.39, 0.29) is 47.9 Å². The van der Waals surface area contributed by atoms with Crippen LogP contribution in [-0.2, 0) is 42.0 Å². The first kappa shape index (κ1) is 41.2. The summed E-state index contributed by atoms with van der Waals surface area (Å²) in [5.74, 6) is -2.79. The molecule has 3 aliphatic rings. The number of unbranched alkanes of at least 4 members (excludes halogenated alkanes) is 1. The van der Waals surface area contributed by atoms with Gasteiger partial charge in [-0.1, -0.05) is 78.6 Å². The number of urea groups is 1. The topological polar surface area (TPSA) is 174 Å². The van der Waals surface area contributed by atoms with Crippen LogP contribution in [0, 0.1) is 28.6 Å². The molecule has 2 aliphatic carbocycles. The Morgan fingerprint density at radius 1 is 0.981 bits per heavy atom. The van der Waals surface area contributed by atoms with E-state index in [0.29, 0.717) is 32.2 Å². The molecule has 1 saturated heterocycles. The van der Waals surface area contributed by atoms with Gasteiger partial charge in [0.2, 0.25) is 27.6 Å². The summed E-state index contributed by atoms with van der Waals surface area (Å²) in [6, 6.07) is 3.83. The van der Waals surface area contributed by atoms with Gasteiger partial charge < -0.3 is 26.2 Å². The quantitative estimate of drug-likeness (QED) is 0.188. The van der Waals surface area contributed by atoms with Crippen molar-refractivity contribution in [3.63, 3.8) is 0 Å². The fraction of sp³-hybridized carbons (Fsp3) is 0.711. The first-order valence-corrected chi connectivity index (χ1v) is 20.4. The van der Waals surface area contributed by atoms with Gasteiger partial charge in [-0.25, -0.2) is 17.5 Å². The number of amides is 5. The van der Waals surface area contributed by atoms with Crippen LogP contribution in [0.2, 0.25) is 0 Å². The number of fused-ring (bicyclic) bond motifs is 2. The van der Waals surface area contributed by atoms with Crippen molar-refractivity contribution in [2.45, 2.75) is 112 Å². The molecule has 13 nitrogen and oxygen atoms in total. The van der Waals surface area contributed by atoms with Gasteiger partial charge in [0.25, 0.3) is 5.91 Å². The summed E-state index contributed by atoms with van der Waals surface area (Å²) < 4.78 is 26.4. The molecule has 0 aromatic heterocycles. The number of sulfonamides is 1. The van der Waals surface area contributed by atoms with Crippen molar-refractivity contribution in [3.05, 3.63) is 35.4 Å². The molecule has 6 atom stereocenters. The zero-order valence-corrected chi connectivity index (χ0v) is 33.2. The normalized spacial score (nSPS) is 22.5. The van der Waals surface area contributed by atoms with Crippen LogP contribution in [0.1, 0.15) is 85.8 Å². The highest BCUT2D eigenvalue weighted by Gasteiger charge is 2.69. The number of rotatable bonds is 16. The molecule has 1 aromatic carbocycles. The SMILES string of the molecule is CCCCC(NC(=O)[C@@H]1[C@@H]2[C@H](CN1C(=O)[C@@H](NC(=O)N[C@H](CN(C)S(=O)(=O)CC)C(C)(C)C)C1Cc3ccccc3C1)C2(C)C)C(=O)C(=O)NCC. The first-order chi connectivity index (χ1) is 24.3. The van der Waals surface area contributed by atoms with Gasteiger partial charge >= 0.3 is 6.03 Å². The molecule has 5 amide bonds. The van der Waals surface area contributed by atoms with Gasteiger partial charge in [-0.15, -0.1) is 0 Å². The Balaban J connectivity index is 1.62. The van der Waals surface area contributed by atoms with Crippen molar-refractivity contribution in [1.82, 2.24) is 30.5 Å². The van der Waals surface area contributed by atoms with Gasteiger partial charge in [0.15, 0.2) is 0 Å². The summed E-state index contributed by atoms with van der Waals surface area (Å²) in [6.07, 6.45) is 2.79. The standard InChI is InChI=1S/C38H60N6O7S/c1-10-13-18-27(32(45)34(47)39-11-2)40-33(46)31-29-26(38(29,7)8)21-44(31)35(48)30(25-19-23-16-14-15-17-24(23)20-25)42-36(49)41-28(37(4,5)6)22-43(9)52(50,51)12-3/h14-17,25-31H,10-13,18-22H2,1-9H3,(H,39,47)(H,40,46)(H2,41,42,49)/t26-,27?,28+,29-,30-,31-/m0/s1. The molecular weight excluding hydrogens is 685 g/mol. The molecule has 2 fully saturated rings. The number of ketones is 1. The van der Waals surface area contributed by atoms with Crippen LogP contribution in [0.3, 0.4) is 0 Å². The van der Waals surface area contributed by atoms with Crippen LogP contribution < -0.4 is 21.3 Å². The summed E-state index contributed by atoms with van der Waals surface area (Å²) in [6.45, 7) is 15.8. The Kier molecular flexibility index (Phi) is 12.9. The van der Waals surface area contributed by atoms with Crippen molar-refractivity contribution in [1.29, 1.82) is 0 Å². The van der Waals surface area contributed by atoms with E-state index in [1.54, 1.807) is 18.7 Å². The zero-order valence-electron chi connectivity index (χ0n) is 32.4. The van der Waals surface area contributed by atoms with E-state index in [1.165, 1.54) is 11.4 Å². The van der Waals surface area contributed by atoms with Crippen molar-refractivity contribution in [3.8, 4) is 0 Å². The average Bonchev–Trinajstić information content (AvgIpc) is 3.44. The molecule has 14 heteroatoms. The summed E-state index contributed by atoms with van der Waals surface area (Å²) in [5.41, 5.74) is 1.45. The van der Waals surface area contributed by atoms with E-state index < -0.39 is 63.2 Å². The van der Waals surface area contributed by atoms with E-state index >= 15 is 0 Å². The number of hydrogen-bond donors (Lipinski definition) is 4. The van der Waals surface area contributed by atoms with Crippen LogP contribution in [0.5, 0.6) is 0 Å². The maximum Gasteiger partial charge on any atom is 0.315 e.